The summed E-state index contributed by atoms with van der Waals surface area (Å²) in [4.78, 5) is 38.7. The third kappa shape index (κ3) is 4.56. The Morgan fingerprint density at radius 1 is 1.12 bits per heavy atom. The highest BCUT2D eigenvalue weighted by Crippen LogP contribution is 2.39. The van der Waals surface area contributed by atoms with Crippen molar-refractivity contribution in [1.29, 1.82) is 0 Å². The molecule has 1 aromatic heterocycles. The van der Waals surface area contributed by atoms with Gasteiger partial charge in [-0.1, -0.05) is 42.2 Å². The minimum Gasteiger partial charge on any atom is -0.454 e. The Balaban J connectivity index is 1.29. The standard InChI is InChI=1S/C28H20N4O6S2/c1-16-21(13-25-27(34)31(28(39)40-25)18-7-9-19(10-8-18)32(35)36)20-4-2-3-5-22(20)30(16)14-26(33)29-17-6-11-23-24(12-17)38-15-37-23/h2-13H,14-15H2,1H3,(H,29,33)/b25-13+. The molecule has 3 heterocycles. The van der Waals surface area contributed by atoms with Crippen molar-refractivity contribution in [3.63, 3.8) is 0 Å². The molecule has 0 unspecified atom stereocenters. The number of hydrogen-bond donors (Lipinski definition) is 1. The van der Waals surface area contributed by atoms with Crippen molar-refractivity contribution in [2.75, 3.05) is 17.0 Å². The molecule has 1 saturated heterocycles. The Kier molecular flexibility index (Phi) is 6.48. The van der Waals surface area contributed by atoms with E-state index in [0.29, 0.717) is 32.1 Å². The summed E-state index contributed by atoms with van der Waals surface area (Å²) >= 11 is 6.64. The molecule has 3 aromatic carbocycles. The first-order valence-electron chi connectivity index (χ1n) is 12.1. The SMILES string of the molecule is Cc1c(/C=C2/SC(=S)N(c3ccc([N+](=O)[O-])cc3)C2=O)c2ccccc2n1CC(=O)Nc1ccc2c(c1)OCO2. The van der Waals surface area contributed by atoms with Crippen LogP contribution < -0.4 is 19.7 Å². The Bertz CT molecular complexity index is 1760. The molecule has 0 aliphatic carbocycles. The zero-order valence-corrected chi connectivity index (χ0v) is 22.6. The number of thiocarbonyl (C=S) groups is 1. The smallest absolute Gasteiger partial charge is 0.270 e. The maximum absolute atomic E-state index is 13.4. The van der Waals surface area contributed by atoms with E-state index >= 15 is 0 Å². The molecule has 2 aliphatic rings. The quantitative estimate of drug-likeness (QED) is 0.137. The molecule has 10 nitrogen and oxygen atoms in total. The van der Waals surface area contributed by atoms with Crippen LogP contribution in [-0.4, -0.2) is 32.4 Å². The summed E-state index contributed by atoms with van der Waals surface area (Å²) in [5.74, 6) is 0.669. The van der Waals surface area contributed by atoms with E-state index in [4.69, 9.17) is 21.7 Å². The van der Waals surface area contributed by atoms with E-state index in [9.17, 15) is 19.7 Å². The van der Waals surface area contributed by atoms with Gasteiger partial charge in [-0.3, -0.25) is 24.6 Å². The molecule has 200 valence electrons. The van der Waals surface area contributed by atoms with Crippen molar-refractivity contribution in [1.82, 2.24) is 4.57 Å². The van der Waals surface area contributed by atoms with Crippen molar-refractivity contribution in [3.05, 3.63) is 93.0 Å². The van der Waals surface area contributed by atoms with Gasteiger partial charge in [-0.15, -0.1) is 0 Å². The number of carbonyl (C=O) groups excluding carboxylic acids is 2. The van der Waals surface area contributed by atoms with Gasteiger partial charge in [-0.25, -0.2) is 0 Å². The summed E-state index contributed by atoms with van der Waals surface area (Å²) in [5.41, 5.74) is 3.43. The van der Waals surface area contributed by atoms with Gasteiger partial charge in [0, 0.05) is 46.0 Å². The highest BCUT2D eigenvalue weighted by Gasteiger charge is 2.34. The van der Waals surface area contributed by atoms with Crippen LogP contribution in [0.15, 0.2) is 71.6 Å². The summed E-state index contributed by atoms with van der Waals surface area (Å²) in [6.45, 7) is 2.10. The first-order valence-corrected chi connectivity index (χ1v) is 13.3. The Morgan fingerprint density at radius 3 is 2.65 bits per heavy atom. The number of benzene rings is 3. The summed E-state index contributed by atoms with van der Waals surface area (Å²) < 4.78 is 13.0. The molecule has 0 atom stereocenters. The molecule has 0 spiro atoms. The van der Waals surface area contributed by atoms with Crippen molar-refractivity contribution in [2.45, 2.75) is 13.5 Å². The molecule has 1 fully saturated rings. The van der Waals surface area contributed by atoms with Crippen molar-refractivity contribution in [2.24, 2.45) is 0 Å². The molecule has 2 aliphatic heterocycles. The molecule has 6 rings (SSSR count). The molecule has 0 bridgehead atoms. The average molecular weight is 573 g/mol. The Hall–Kier alpha value is -4.68. The van der Waals surface area contributed by atoms with Gasteiger partial charge >= 0.3 is 0 Å². The van der Waals surface area contributed by atoms with Crippen LogP contribution in [-0.2, 0) is 16.1 Å². The van der Waals surface area contributed by atoms with E-state index in [1.807, 2.05) is 35.8 Å². The monoisotopic (exact) mass is 572 g/mol. The van der Waals surface area contributed by atoms with Crippen LogP contribution >= 0.6 is 24.0 Å². The number of para-hydroxylation sites is 1. The third-order valence-electron chi connectivity index (χ3n) is 6.63. The summed E-state index contributed by atoms with van der Waals surface area (Å²) in [6.07, 6.45) is 1.79. The maximum atomic E-state index is 13.4. The number of fused-ring (bicyclic) bond motifs is 2. The molecule has 4 aromatic rings. The second-order valence-electron chi connectivity index (χ2n) is 9.01. The number of nitrogens with zero attached hydrogens (tertiary/aromatic N) is 3. The van der Waals surface area contributed by atoms with Crippen LogP contribution in [0.3, 0.4) is 0 Å². The van der Waals surface area contributed by atoms with Crippen LogP contribution in [0.2, 0.25) is 0 Å². The average Bonchev–Trinajstić information content (AvgIpc) is 3.59. The zero-order valence-electron chi connectivity index (χ0n) is 21.0. The Morgan fingerprint density at radius 2 is 1.88 bits per heavy atom. The lowest BCUT2D eigenvalue weighted by atomic mass is 10.1. The fraction of sp³-hybridized carbons (Fsp3) is 0.107. The fourth-order valence-corrected chi connectivity index (χ4v) is 5.99. The lowest BCUT2D eigenvalue weighted by Crippen LogP contribution is -2.27. The van der Waals surface area contributed by atoms with Gasteiger partial charge in [0.25, 0.3) is 11.6 Å². The van der Waals surface area contributed by atoms with Crippen LogP contribution in [0.4, 0.5) is 17.1 Å². The first-order chi connectivity index (χ1) is 19.3. The van der Waals surface area contributed by atoms with Gasteiger partial charge in [0.1, 0.15) is 6.54 Å². The fourth-order valence-electron chi connectivity index (χ4n) is 4.71. The van der Waals surface area contributed by atoms with Gasteiger partial charge in [0.05, 0.1) is 15.5 Å². The zero-order chi connectivity index (χ0) is 28.0. The van der Waals surface area contributed by atoms with E-state index < -0.39 is 4.92 Å². The lowest BCUT2D eigenvalue weighted by Gasteiger charge is -2.14. The number of aromatic nitrogens is 1. The molecule has 12 heteroatoms. The van der Waals surface area contributed by atoms with Crippen molar-refractivity contribution in [3.8, 4) is 11.5 Å². The predicted octanol–water partition coefficient (Wildman–Crippen LogP) is 5.63. The highest BCUT2D eigenvalue weighted by molar-refractivity contribution is 8.27. The number of nitrogens with one attached hydrogen (secondary N) is 1. The Labute approximate surface area is 237 Å². The number of ether oxygens (including phenoxy) is 2. The van der Waals surface area contributed by atoms with E-state index in [-0.39, 0.29) is 30.8 Å². The summed E-state index contributed by atoms with van der Waals surface area (Å²) in [7, 11) is 0. The van der Waals surface area contributed by atoms with Crippen LogP contribution in [0.25, 0.3) is 17.0 Å². The second kappa shape index (κ2) is 10.1. The number of carbonyl (C=O) groups is 2. The number of thioether (sulfide) groups is 1. The highest BCUT2D eigenvalue weighted by atomic mass is 32.2. The number of non-ortho nitro benzene ring substituents is 1. The van der Waals surface area contributed by atoms with E-state index in [1.165, 1.54) is 29.2 Å². The molecular formula is C28H20N4O6S2. The van der Waals surface area contributed by atoms with E-state index in [2.05, 4.69) is 5.32 Å². The normalized spacial score (nSPS) is 15.3. The van der Waals surface area contributed by atoms with Gasteiger partial charge in [-0.05, 0) is 43.3 Å². The summed E-state index contributed by atoms with van der Waals surface area (Å²) in [5, 5.41) is 14.8. The number of nitro benzene ring substituents is 1. The molecule has 0 saturated carbocycles. The van der Waals surface area contributed by atoms with Gasteiger partial charge in [0.2, 0.25) is 12.7 Å². The first kappa shape index (κ1) is 25.6. The molecular weight excluding hydrogens is 552 g/mol. The lowest BCUT2D eigenvalue weighted by molar-refractivity contribution is -0.384. The van der Waals surface area contributed by atoms with Crippen molar-refractivity contribution >= 4 is 74.2 Å². The maximum Gasteiger partial charge on any atom is 0.270 e. The minimum atomic E-state index is -0.498. The number of rotatable bonds is 6. The summed E-state index contributed by atoms with van der Waals surface area (Å²) in [6, 6.07) is 18.6. The number of hydrogen-bond acceptors (Lipinski definition) is 8. The number of anilines is 2. The van der Waals surface area contributed by atoms with Gasteiger partial charge < -0.3 is 19.4 Å². The molecule has 1 N–H and O–H groups in total. The largest absolute Gasteiger partial charge is 0.454 e. The van der Waals surface area contributed by atoms with Gasteiger partial charge in [0.15, 0.2) is 15.8 Å². The number of amides is 2. The third-order valence-corrected chi connectivity index (χ3v) is 7.93. The van der Waals surface area contributed by atoms with E-state index in [1.54, 1.807) is 24.3 Å². The van der Waals surface area contributed by atoms with Crippen LogP contribution in [0.5, 0.6) is 11.5 Å². The van der Waals surface area contributed by atoms with Crippen LogP contribution in [0, 0.1) is 17.0 Å². The van der Waals surface area contributed by atoms with Gasteiger partial charge in [-0.2, -0.15) is 0 Å². The van der Waals surface area contributed by atoms with Crippen LogP contribution in [0.1, 0.15) is 11.3 Å². The molecule has 2 amide bonds. The second-order valence-corrected chi connectivity index (χ2v) is 10.7. The van der Waals surface area contributed by atoms with E-state index in [0.717, 1.165) is 33.9 Å². The minimum absolute atomic E-state index is 0.0540. The van der Waals surface area contributed by atoms with Crippen molar-refractivity contribution < 1.29 is 24.0 Å². The molecule has 0 radical (unpaired) electrons. The predicted molar refractivity (Wildman–Crippen MR) is 157 cm³/mol. The topological polar surface area (TPSA) is 116 Å². The number of nitro groups is 1. The molecule has 40 heavy (non-hydrogen) atoms.